The summed E-state index contributed by atoms with van der Waals surface area (Å²) in [5.74, 6) is -1.14. The molecule has 7 heteroatoms. The number of carbonyl (C=O) groups excluding carboxylic acids is 2. The second-order valence-electron chi connectivity index (χ2n) is 5.01. The Morgan fingerprint density at radius 3 is 2.48 bits per heavy atom. The summed E-state index contributed by atoms with van der Waals surface area (Å²) in [6, 6.07) is 5.37. The van der Waals surface area contributed by atoms with Crippen molar-refractivity contribution in [2.45, 2.75) is 18.4 Å². The van der Waals surface area contributed by atoms with Gasteiger partial charge < -0.3 is 21.1 Å². The molecule has 0 aromatic heterocycles. The summed E-state index contributed by atoms with van der Waals surface area (Å²) < 4.78 is 17.9. The van der Waals surface area contributed by atoms with E-state index in [1.165, 1.54) is 24.3 Å². The van der Waals surface area contributed by atoms with Crippen LogP contribution in [0.15, 0.2) is 24.3 Å². The zero-order valence-corrected chi connectivity index (χ0v) is 11.5. The largest absolute Gasteiger partial charge is 0.381 e. The van der Waals surface area contributed by atoms with Gasteiger partial charge in [0.05, 0.1) is 12.1 Å². The summed E-state index contributed by atoms with van der Waals surface area (Å²) in [7, 11) is 0. The summed E-state index contributed by atoms with van der Waals surface area (Å²) in [5, 5.41) is 5.07. The molecule has 114 valence electrons. The Balaban J connectivity index is 1.80. The fourth-order valence-electron chi connectivity index (χ4n) is 2.04. The lowest BCUT2D eigenvalue weighted by Gasteiger charge is -2.31. The van der Waals surface area contributed by atoms with Gasteiger partial charge in [0.1, 0.15) is 5.82 Å². The fraction of sp³-hybridized carbons (Fsp3) is 0.429. The van der Waals surface area contributed by atoms with Gasteiger partial charge in [-0.15, -0.1) is 0 Å². The summed E-state index contributed by atoms with van der Waals surface area (Å²) in [5.41, 5.74) is 5.48. The number of halogens is 1. The first-order valence-corrected chi connectivity index (χ1v) is 6.70. The van der Waals surface area contributed by atoms with Gasteiger partial charge in [0.25, 0.3) is 0 Å². The first kappa shape index (κ1) is 15.4. The molecule has 1 heterocycles. The van der Waals surface area contributed by atoms with E-state index in [2.05, 4.69) is 10.6 Å². The smallest absolute Gasteiger partial charge is 0.243 e. The lowest BCUT2D eigenvalue weighted by atomic mass is 9.90. The third-order valence-corrected chi connectivity index (χ3v) is 3.37. The monoisotopic (exact) mass is 295 g/mol. The maximum absolute atomic E-state index is 12.7. The number of carbonyl (C=O) groups is 2. The standard InChI is InChI=1S/C14H18FN3O3/c15-10-1-3-11(4-2-10)18-12(19)9-17-13(20)14(16)5-7-21-8-6-14/h1-4H,5-9,16H2,(H,17,20)(H,18,19). The molecular weight excluding hydrogens is 277 g/mol. The number of hydrogen-bond acceptors (Lipinski definition) is 4. The summed E-state index contributed by atoms with van der Waals surface area (Å²) in [6.07, 6.45) is 0.858. The molecule has 0 atom stereocenters. The molecule has 1 aliphatic heterocycles. The van der Waals surface area contributed by atoms with Gasteiger partial charge in [-0.25, -0.2) is 4.39 Å². The second kappa shape index (κ2) is 6.64. The van der Waals surface area contributed by atoms with Crippen LogP contribution >= 0.6 is 0 Å². The highest BCUT2D eigenvalue weighted by Gasteiger charge is 2.35. The van der Waals surface area contributed by atoms with E-state index in [9.17, 15) is 14.0 Å². The second-order valence-corrected chi connectivity index (χ2v) is 5.01. The molecule has 1 aliphatic rings. The zero-order valence-electron chi connectivity index (χ0n) is 11.5. The minimum atomic E-state index is -0.978. The maximum atomic E-state index is 12.7. The van der Waals surface area contributed by atoms with Gasteiger partial charge in [0.15, 0.2) is 0 Å². The average molecular weight is 295 g/mol. The Labute approximate surface area is 121 Å². The number of benzene rings is 1. The number of hydrogen-bond donors (Lipinski definition) is 3. The van der Waals surface area contributed by atoms with Gasteiger partial charge in [0, 0.05) is 18.9 Å². The molecule has 0 saturated carbocycles. The molecule has 2 amide bonds. The van der Waals surface area contributed by atoms with Crippen LogP contribution in [-0.2, 0) is 14.3 Å². The van der Waals surface area contributed by atoms with Gasteiger partial charge in [0.2, 0.25) is 11.8 Å². The lowest BCUT2D eigenvalue weighted by molar-refractivity contribution is -0.131. The molecular formula is C14H18FN3O3. The molecule has 2 rings (SSSR count). The number of rotatable bonds is 4. The summed E-state index contributed by atoms with van der Waals surface area (Å²) in [4.78, 5) is 23.7. The average Bonchev–Trinajstić information content (AvgIpc) is 2.48. The van der Waals surface area contributed by atoms with E-state index in [0.29, 0.717) is 31.7 Å². The van der Waals surface area contributed by atoms with Gasteiger partial charge in [-0.2, -0.15) is 0 Å². The highest BCUT2D eigenvalue weighted by molar-refractivity contribution is 5.96. The Kier molecular flexibility index (Phi) is 4.87. The number of nitrogens with one attached hydrogen (secondary N) is 2. The van der Waals surface area contributed by atoms with Crippen LogP contribution < -0.4 is 16.4 Å². The van der Waals surface area contributed by atoms with Crippen LogP contribution in [0, 0.1) is 5.82 Å². The topological polar surface area (TPSA) is 93.5 Å². The van der Waals surface area contributed by atoms with E-state index in [0.717, 1.165) is 0 Å². The Morgan fingerprint density at radius 1 is 1.24 bits per heavy atom. The Morgan fingerprint density at radius 2 is 1.86 bits per heavy atom. The van der Waals surface area contributed by atoms with Gasteiger partial charge >= 0.3 is 0 Å². The van der Waals surface area contributed by atoms with Crippen molar-refractivity contribution in [2.75, 3.05) is 25.1 Å². The molecule has 0 radical (unpaired) electrons. The molecule has 0 bridgehead atoms. The van der Waals surface area contributed by atoms with Crippen LogP contribution in [0.3, 0.4) is 0 Å². The molecule has 1 aromatic carbocycles. The molecule has 1 saturated heterocycles. The molecule has 0 spiro atoms. The van der Waals surface area contributed by atoms with Crippen molar-refractivity contribution in [3.63, 3.8) is 0 Å². The Hall–Kier alpha value is -1.99. The SMILES string of the molecule is NC1(C(=O)NCC(=O)Nc2ccc(F)cc2)CCOCC1. The molecule has 21 heavy (non-hydrogen) atoms. The van der Waals surface area contributed by atoms with Crippen LogP contribution in [0.4, 0.5) is 10.1 Å². The van der Waals surface area contributed by atoms with Crippen molar-refractivity contribution in [1.29, 1.82) is 0 Å². The van der Waals surface area contributed by atoms with Crippen LogP contribution in [0.1, 0.15) is 12.8 Å². The zero-order chi connectivity index (χ0) is 15.3. The van der Waals surface area contributed by atoms with Crippen molar-refractivity contribution in [1.82, 2.24) is 5.32 Å². The van der Waals surface area contributed by atoms with Crippen molar-refractivity contribution >= 4 is 17.5 Å². The van der Waals surface area contributed by atoms with E-state index in [1.54, 1.807) is 0 Å². The predicted molar refractivity (Wildman–Crippen MR) is 75.0 cm³/mol. The third kappa shape index (κ3) is 4.24. The lowest BCUT2D eigenvalue weighted by Crippen LogP contribution is -2.57. The highest BCUT2D eigenvalue weighted by Crippen LogP contribution is 2.17. The number of anilines is 1. The van der Waals surface area contributed by atoms with Crippen LogP contribution in [0.25, 0.3) is 0 Å². The first-order chi connectivity index (χ1) is 9.99. The highest BCUT2D eigenvalue weighted by atomic mass is 19.1. The van der Waals surface area contributed by atoms with Gasteiger partial charge in [-0.3, -0.25) is 9.59 Å². The Bertz CT molecular complexity index is 513. The fourth-order valence-corrected chi connectivity index (χ4v) is 2.04. The van der Waals surface area contributed by atoms with Crippen LogP contribution in [-0.4, -0.2) is 37.1 Å². The van der Waals surface area contributed by atoms with Gasteiger partial charge in [-0.1, -0.05) is 0 Å². The number of amides is 2. The van der Waals surface area contributed by atoms with Crippen molar-refractivity contribution in [3.05, 3.63) is 30.1 Å². The van der Waals surface area contributed by atoms with E-state index < -0.39 is 11.4 Å². The van der Waals surface area contributed by atoms with Crippen LogP contribution in [0.2, 0.25) is 0 Å². The minimum absolute atomic E-state index is 0.185. The summed E-state index contributed by atoms with van der Waals surface area (Å²) in [6.45, 7) is 0.688. The molecule has 0 unspecified atom stereocenters. The van der Waals surface area contributed by atoms with Gasteiger partial charge in [-0.05, 0) is 37.1 Å². The van der Waals surface area contributed by atoms with Crippen molar-refractivity contribution in [3.8, 4) is 0 Å². The normalized spacial score (nSPS) is 17.0. The predicted octanol–water partition coefficient (Wildman–Crippen LogP) is 0.388. The minimum Gasteiger partial charge on any atom is -0.381 e. The molecule has 4 N–H and O–H groups in total. The maximum Gasteiger partial charge on any atom is 0.243 e. The number of nitrogens with two attached hydrogens (primary N) is 1. The molecule has 1 aromatic rings. The molecule has 1 fully saturated rings. The quantitative estimate of drug-likeness (QED) is 0.749. The van der Waals surface area contributed by atoms with Crippen molar-refractivity contribution < 1.29 is 18.7 Å². The van der Waals surface area contributed by atoms with Crippen molar-refractivity contribution in [2.24, 2.45) is 5.73 Å². The number of ether oxygens (including phenoxy) is 1. The first-order valence-electron chi connectivity index (χ1n) is 6.70. The summed E-state index contributed by atoms with van der Waals surface area (Å²) >= 11 is 0. The van der Waals surface area contributed by atoms with E-state index >= 15 is 0 Å². The molecule has 0 aliphatic carbocycles. The molecule has 6 nitrogen and oxygen atoms in total. The van der Waals surface area contributed by atoms with E-state index in [1.807, 2.05) is 0 Å². The third-order valence-electron chi connectivity index (χ3n) is 3.37. The van der Waals surface area contributed by atoms with E-state index in [-0.39, 0.29) is 18.3 Å². The van der Waals surface area contributed by atoms with E-state index in [4.69, 9.17) is 10.5 Å². The van der Waals surface area contributed by atoms with Crippen LogP contribution in [0.5, 0.6) is 0 Å².